The second kappa shape index (κ2) is 10.2. The molecule has 2 aromatic rings. The summed E-state index contributed by atoms with van der Waals surface area (Å²) < 4.78 is 26.8. The maximum atomic E-state index is 11.0. The monoisotopic (exact) mass is 449 g/mol. The minimum Gasteiger partial charge on any atom is -0.497 e. The quantitative estimate of drug-likeness (QED) is 0.467. The van der Waals surface area contributed by atoms with Crippen LogP contribution in [0.1, 0.15) is 49.7 Å². The maximum absolute atomic E-state index is 11.0. The predicted molar refractivity (Wildman–Crippen MR) is 119 cm³/mol. The molecule has 2 aromatic carbocycles. The second-order valence-electron chi connectivity index (χ2n) is 8.45. The van der Waals surface area contributed by atoms with E-state index in [0.717, 1.165) is 30.8 Å². The highest BCUT2D eigenvalue weighted by Crippen LogP contribution is 2.43. The van der Waals surface area contributed by atoms with Crippen molar-refractivity contribution in [2.45, 2.75) is 56.6 Å². The zero-order valence-corrected chi connectivity index (χ0v) is 19.0. The molecule has 4 N–H and O–H groups in total. The summed E-state index contributed by atoms with van der Waals surface area (Å²) in [5, 5.41) is 0. The summed E-state index contributed by atoms with van der Waals surface area (Å²) in [6.45, 7) is 1.93. The van der Waals surface area contributed by atoms with E-state index in [0.29, 0.717) is 12.8 Å². The number of ether oxygens (including phenoxy) is 2. The van der Waals surface area contributed by atoms with Crippen molar-refractivity contribution in [2.24, 2.45) is 5.73 Å². The molecule has 0 heterocycles. The third kappa shape index (κ3) is 7.34. The molecule has 0 spiro atoms. The van der Waals surface area contributed by atoms with Crippen molar-refractivity contribution in [3.8, 4) is 11.5 Å². The van der Waals surface area contributed by atoms with Gasteiger partial charge in [-0.1, -0.05) is 30.3 Å². The molecule has 1 saturated carbocycles. The van der Waals surface area contributed by atoms with Crippen LogP contribution in [-0.2, 0) is 15.5 Å². The van der Waals surface area contributed by atoms with Crippen LogP contribution in [0.3, 0.4) is 0 Å². The van der Waals surface area contributed by atoms with E-state index in [4.69, 9.17) is 25.0 Å². The van der Waals surface area contributed by atoms with Crippen LogP contribution < -0.4 is 15.2 Å². The first kappa shape index (κ1) is 23.8. The van der Waals surface area contributed by atoms with Crippen LogP contribution in [0, 0.1) is 0 Å². The average Bonchev–Trinajstić information content (AvgIpc) is 3.13. The van der Waals surface area contributed by atoms with Crippen molar-refractivity contribution in [3.05, 3.63) is 59.7 Å². The van der Waals surface area contributed by atoms with Gasteiger partial charge in [-0.15, -0.1) is 0 Å². The van der Waals surface area contributed by atoms with Gasteiger partial charge in [0.25, 0.3) is 0 Å². The minimum atomic E-state index is -4.50. The molecular weight excluding hydrogens is 417 g/mol. The molecule has 1 aliphatic rings. The van der Waals surface area contributed by atoms with Crippen LogP contribution in [0.4, 0.5) is 0 Å². The summed E-state index contributed by atoms with van der Waals surface area (Å²) in [7, 11) is -2.86. The Morgan fingerprint density at radius 2 is 1.90 bits per heavy atom. The van der Waals surface area contributed by atoms with Crippen molar-refractivity contribution in [1.82, 2.24) is 0 Å². The number of methoxy groups -OCH3 is 1. The van der Waals surface area contributed by atoms with Crippen molar-refractivity contribution in [2.75, 3.05) is 13.7 Å². The average molecular weight is 449 g/mol. The zero-order valence-electron chi connectivity index (χ0n) is 18.1. The molecule has 170 valence electrons. The number of phosphoric ester groups is 1. The van der Waals surface area contributed by atoms with Crippen molar-refractivity contribution < 1.29 is 28.3 Å². The molecule has 0 radical (unpaired) electrons. The highest BCUT2D eigenvalue weighted by atomic mass is 31.2. The van der Waals surface area contributed by atoms with Crippen molar-refractivity contribution in [3.63, 3.8) is 0 Å². The summed E-state index contributed by atoms with van der Waals surface area (Å²) in [6.07, 6.45) is 4.09. The normalized spacial score (nSPS) is 22.3. The summed E-state index contributed by atoms with van der Waals surface area (Å²) in [6, 6.07) is 16.1. The Kier molecular flexibility index (Phi) is 7.78. The van der Waals surface area contributed by atoms with Gasteiger partial charge >= 0.3 is 7.82 Å². The Labute approximate surface area is 183 Å². The molecule has 0 bridgehead atoms. The van der Waals surface area contributed by atoms with E-state index < -0.39 is 13.4 Å². The number of phosphoric acid groups is 1. The molecule has 31 heavy (non-hydrogen) atoms. The van der Waals surface area contributed by atoms with E-state index in [2.05, 4.69) is 35.7 Å². The van der Waals surface area contributed by atoms with Crippen LogP contribution in [0.15, 0.2) is 48.5 Å². The fourth-order valence-corrected chi connectivity index (χ4v) is 4.50. The van der Waals surface area contributed by atoms with Gasteiger partial charge in [0.05, 0.1) is 19.8 Å². The smallest absolute Gasteiger partial charge is 0.469 e. The van der Waals surface area contributed by atoms with Gasteiger partial charge in [0, 0.05) is 11.6 Å². The number of aryl methyl sites for hydroxylation is 1. The van der Waals surface area contributed by atoms with Gasteiger partial charge in [-0.3, -0.25) is 4.52 Å². The Hall–Kier alpha value is -1.89. The molecule has 1 unspecified atom stereocenters. The van der Waals surface area contributed by atoms with Gasteiger partial charge in [-0.2, -0.15) is 0 Å². The first-order chi connectivity index (χ1) is 14.7. The summed E-state index contributed by atoms with van der Waals surface area (Å²) in [5.41, 5.74) is 8.04. The molecule has 0 saturated heterocycles. The lowest BCUT2D eigenvalue weighted by molar-refractivity contribution is 0.153. The van der Waals surface area contributed by atoms with Gasteiger partial charge in [0.1, 0.15) is 11.5 Å². The number of hydrogen-bond acceptors (Lipinski definition) is 5. The molecule has 0 aliphatic heterocycles. The number of hydrogen-bond donors (Lipinski definition) is 3. The molecule has 3 atom stereocenters. The Morgan fingerprint density at radius 3 is 2.58 bits per heavy atom. The lowest BCUT2D eigenvalue weighted by Gasteiger charge is -2.24. The van der Waals surface area contributed by atoms with E-state index in [1.165, 1.54) is 11.1 Å². The van der Waals surface area contributed by atoms with Gasteiger partial charge in [0.2, 0.25) is 0 Å². The van der Waals surface area contributed by atoms with E-state index in [1.807, 2.05) is 24.3 Å². The third-order valence-corrected chi connectivity index (χ3v) is 6.30. The van der Waals surface area contributed by atoms with E-state index >= 15 is 0 Å². The Bertz CT molecular complexity index is 899. The standard InChI is InChI=1S/C23H32NO6P/c1-17(30-22-5-3-4-21(14-22)28-2)6-7-18-8-10-19(11-9-18)20-12-13-23(24,15-20)16-29-31(25,26)27/h3-5,8-11,14,17,20H,6-7,12-13,15-16,24H2,1-2H3,(H2,25,26,27)/t17?,20-,23-/m1/s1. The second-order valence-corrected chi connectivity index (χ2v) is 9.69. The number of rotatable bonds is 10. The molecular formula is C23H32NO6P. The molecule has 8 heteroatoms. The fourth-order valence-electron chi connectivity index (χ4n) is 4.08. The number of nitrogens with two attached hydrogens (primary N) is 1. The largest absolute Gasteiger partial charge is 0.497 e. The van der Waals surface area contributed by atoms with Gasteiger partial charge in [0.15, 0.2) is 0 Å². The Morgan fingerprint density at radius 1 is 1.19 bits per heavy atom. The van der Waals surface area contributed by atoms with Crippen molar-refractivity contribution >= 4 is 7.82 Å². The topological polar surface area (TPSA) is 111 Å². The first-order valence-corrected chi connectivity index (χ1v) is 12.1. The van der Waals surface area contributed by atoms with Crippen LogP contribution >= 0.6 is 7.82 Å². The lowest BCUT2D eigenvalue weighted by Crippen LogP contribution is -2.41. The fraction of sp³-hybridized carbons (Fsp3) is 0.478. The van der Waals surface area contributed by atoms with Crippen LogP contribution in [0.25, 0.3) is 0 Å². The molecule has 3 rings (SSSR count). The minimum absolute atomic E-state index is 0.0773. The predicted octanol–water partition coefficient (Wildman–Crippen LogP) is 4.17. The van der Waals surface area contributed by atoms with E-state index in [-0.39, 0.29) is 18.6 Å². The lowest BCUT2D eigenvalue weighted by atomic mass is 9.92. The highest BCUT2D eigenvalue weighted by Gasteiger charge is 2.38. The van der Waals surface area contributed by atoms with Gasteiger partial charge in [-0.05, 0) is 68.2 Å². The zero-order chi connectivity index (χ0) is 22.5. The Balaban J connectivity index is 1.48. The molecule has 1 aliphatic carbocycles. The number of benzene rings is 2. The summed E-state index contributed by atoms with van der Waals surface area (Å²) in [5.74, 6) is 1.85. The summed E-state index contributed by atoms with van der Waals surface area (Å²) >= 11 is 0. The van der Waals surface area contributed by atoms with Crippen LogP contribution in [0.5, 0.6) is 11.5 Å². The van der Waals surface area contributed by atoms with Crippen LogP contribution in [-0.4, -0.2) is 35.1 Å². The van der Waals surface area contributed by atoms with Crippen LogP contribution in [0.2, 0.25) is 0 Å². The first-order valence-electron chi connectivity index (χ1n) is 10.5. The highest BCUT2D eigenvalue weighted by molar-refractivity contribution is 7.46. The SMILES string of the molecule is COc1cccc(OC(C)CCc2ccc([C@@H]3CC[C@](N)(COP(=O)(O)O)C3)cc2)c1. The summed E-state index contributed by atoms with van der Waals surface area (Å²) in [4.78, 5) is 17.8. The van der Waals surface area contributed by atoms with Gasteiger partial charge in [-0.25, -0.2) is 4.57 Å². The third-order valence-electron chi connectivity index (χ3n) is 5.83. The molecule has 0 amide bonds. The van der Waals surface area contributed by atoms with Crippen molar-refractivity contribution in [1.29, 1.82) is 0 Å². The molecule has 7 nitrogen and oxygen atoms in total. The molecule has 0 aromatic heterocycles. The maximum Gasteiger partial charge on any atom is 0.469 e. The van der Waals surface area contributed by atoms with E-state index in [9.17, 15) is 4.57 Å². The van der Waals surface area contributed by atoms with E-state index in [1.54, 1.807) is 7.11 Å². The van der Waals surface area contributed by atoms with Gasteiger partial charge < -0.3 is 25.0 Å². The molecule has 1 fully saturated rings.